The molecule has 2 rings (SSSR count). The number of morpholine rings is 1. The largest absolute Gasteiger partial charge is 0.480 e. The van der Waals surface area contributed by atoms with Crippen LogP contribution in [0.25, 0.3) is 0 Å². The zero-order valence-corrected chi connectivity index (χ0v) is 11.9. The number of H-pyrrole nitrogens is 1. The highest BCUT2D eigenvalue weighted by Gasteiger charge is 2.29. The van der Waals surface area contributed by atoms with Crippen LogP contribution in [0.2, 0.25) is 0 Å². The summed E-state index contributed by atoms with van der Waals surface area (Å²) in [6, 6.07) is -1.37. The first-order valence-corrected chi connectivity index (χ1v) is 6.96. The van der Waals surface area contributed by atoms with E-state index in [2.05, 4.69) is 15.3 Å². The Labute approximate surface area is 122 Å². The van der Waals surface area contributed by atoms with Gasteiger partial charge in [0.15, 0.2) is 0 Å². The second kappa shape index (κ2) is 7.07. The van der Waals surface area contributed by atoms with E-state index in [4.69, 9.17) is 4.74 Å². The second-order valence-electron chi connectivity index (χ2n) is 4.95. The number of nitrogens with zero attached hydrogens (tertiary/aromatic N) is 2. The maximum atomic E-state index is 12.3. The standard InChI is InChI=1S/C13H20N4O4/c1-2-10-7-21-4-3-17(10)13(20)16-11(12(18)19)5-9-6-14-8-15-9/h6,8,10-11H,2-5,7H2,1H3,(H,14,15)(H,16,20)(H,18,19)/t10?,11-/m0/s1. The van der Waals surface area contributed by atoms with Gasteiger partial charge in [0.2, 0.25) is 0 Å². The first kappa shape index (κ1) is 15.3. The molecule has 0 saturated carbocycles. The van der Waals surface area contributed by atoms with Gasteiger partial charge in [-0.25, -0.2) is 14.6 Å². The predicted octanol–water partition coefficient (Wildman–Crippen LogP) is 0.226. The Bertz CT molecular complexity index is 477. The number of hydrogen-bond donors (Lipinski definition) is 3. The third-order valence-corrected chi connectivity index (χ3v) is 3.53. The molecule has 1 aromatic heterocycles. The second-order valence-corrected chi connectivity index (χ2v) is 4.95. The zero-order chi connectivity index (χ0) is 15.2. The van der Waals surface area contributed by atoms with E-state index in [1.165, 1.54) is 6.33 Å². The fraction of sp³-hybridized carbons (Fsp3) is 0.615. The normalized spacial score (nSPS) is 20.0. The predicted molar refractivity (Wildman–Crippen MR) is 73.9 cm³/mol. The lowest BCUT2D eigenvalue weighted by molar-refractivity contribution is -0.139. The van der Waals surface area contributed by atoms with Crippen LogP contribution < -0.4 is 5.32 Å². The van der Waals surface area contributed by atoms with E-state index in [9.17, 15) is 14.7 Å². The molecule has 2 atom stereocenters. The third kappa shape index (κ3) is 3.94. The van der Waals surface area contributed by atoms with Crippen LogP contribution in [0.4, 0.5) is 4.79 Å². The number of imidazole rings is 1. The molecule has 8 heteroatoms. The Kier molecular flexibility index (Phi) is 5.15. The van der Waals surface area contributed by atoms with E-state index in [1.807, 2.05) is 6.92 Å². The minimum atomic E-state index is -1.07. The van der Waals surface area contributed by atoms with Gasteiger partial charge in [-0.15, -0.1) is 0 Å². The highest BCUT2D eigenvalue weighted by atomic mass is 16.5. The number of aromatic nitrogens is 2. The molecule has 0 aliphatic carbocycles. The van der Waals surface area contributed by atoms with E-state index in [-0.39, 0.29) is 18.5 Å². The maximum Gasteiger partial charge on any atom is 0.326 e. The molecule has 2 heterocycles. The highest BCUT2D eigenvalue weighted by molar-refractivity contribution is 5.83. The average molecular weight is 296 g/mol. The van der Waals surface area contributed by atoms with Gasteiger partial charge in [-0.2, -0.15) is 0 Å². The number of rotatable bonds is 5. The Morgan fingerprint density at radius 2 is 2.48 bits per heavy atom. The van der Waals surface area contributed by atoms with Crippen molar-refractivity contribution in [2.45, 2.75) is 31.8 Å². The highest BCUT2D eigenvalue weighted by Crippen LogP contribution is 2.11. The summed E-state index contributed by atoms with van der Waals surface area (Å²) < 4.78 is 5.34. The Morgan fingerprint density at radius 3 is 3.10 bits per heavy atom. The smallest absolute Gasteiger partial charge is 0.326 e. The number of ether oxygens (including phenoxy) is 1. The number of carbonyl (C=O) groups excluding carboxylic acids is 1. The molecule has 0 aromatic carbocycles. The molecule has 1 aliphatic rings. The third-order valence-electron chi connectivity index (χ3n) is 3.53. The number of hydrogen-bond acceptors (Lipinski definition) is 4. The topological polar surface area (TPSA) is 108 Å². The summed E-state index contributed by atoms with van der Waals surface area (Å²) in [6.07, 6.45) is 3.96. The number of carboxylic acid groups (broad SMARTS) is 1. The Balaban J connectivity index is 1.98. The molecule has 1 aliphatic heterocycles. The van der Waals surface area contributed by atoms with Crippen LogP contribution in [-0.4, -0.2) is 63.8 Å². The van der Waals surface area contributed by atoms with Crippen molar-refractivity contribution in [1.29, 1.82) is 0 Å². The van der Waals surface area contributed by atoms with Crippen LogP contribution in [0.5, 0.6) is 0 Å². The van der Waals surface area contributed by atoms with Gasteiger partial charge in [0.05, 0.1) is 25.6 Å². The summed E-state index contributed by atoms with van der Waals surface area (Å²) in [5, 5.41) is 11.8. The number of nitrogens with one attached hydrogen (secondary N) is 2. The van der Waals surface area contributed by atoms with Crippen LogP contribution in [0.15, 0.2) is 12.5 Å². The van der Waals surface area contributed by atoms with E-state index in [1.54, 1.807) is 11.1 Å². The molecular formula is C13H20N4O4. The van der Waals surface area contributed by atoms with Crippen molar-refractivity contribution in [2.24, 2.45) is 0 Å². The zero-order valence-electron chi connectivity index (χ0n) is 11.9. The molecule has 0 bridgehead atoms. The fourth-order valence-electron chi connectivity index (χ4n) is 2.31. The maximum absolute atomic E-state index is 12.3. The van der Waals surface area contributed by atoms with Gasteiger partial charge in [0, 0.05) is 24.9 Å². The summed E-state index contributed by atoms with van der Waals surface area (Å²) in [5.41, 5.74) is 0.664. The molecule has 116 valence electrons. The van der Waals surface area contributed by atoms with Crippen LogP contribution in [0.3, 0.4) is 0 Å². The number of amides is 2. The molecule has 0 spiro atoms. The molecule has 1 saturated heterocycles. The van der Waals surface area contributed by atoms with E-state index in [0.717, 1.165) is 6.42 Å². The van der Waals surface area contributed by atoms with E-state index in [0.29, 0.717) is 25.5 Å². The van der Waals surface area contributed by atoms with Gasteiger partial charge in [-0.3, -0.25) is 0 Å². The van der Waals surface area contributed by atoms with Gasteiger partial charge in [-0.1, -0.05) is 6.92 Å². The van der Waals surface area contributed by atoms with Crippen molar-refractivity contribution >= 4 is 12.0 Å². The van der Waals surface area contributed by atoms with Gasteiger partial charge in [0.1, 0.15) is 6.04 Å². The van der Waals surface area contributed by atoms with Gasteiger partial charge in [-0.05, 0) is 6.42 Å². The lowest BCUT2D eigenvalue weighted by Gasteiger charge is -2.35. The van der Waals surface area contributed by atoms with Crippen molar-refractivity contribution < 1.29 is 19.4 Å². The molecule has 21 heavy (non-hydrogen) atoms. The van der Waals surface area contributed by atoms with Gasteiger partial charge >= 0.3 is 12.0 Å². The SMILES string of the molecule is CCC1COCCN1C(=O)N[C@@H](Cc1cnc[nH]1)C(=O)O. The quantitative estimate of drug-likeness (QED) is 0.720. The summed E-state index contributed by atoms with van der Waals surface area (Å²) in [4.78, 5) is 31.9. The van der Waals surface area contributed by atoms with Crippen LogP contribution in [0, 0.1) is 0 Å². The summed E-state index contributed by atoms with van der Waals surface area (Å²) in [6.45, 7) is 3.41. The Hall–Kier alpha value is -2.09. The number of urea groups is 1. The minimum Gasteiger partial charge on any atom is -0.480 e. The van der Waals surface area contributed by atoms with Gasteiger partial charge in [0.25, 0.3) is 0 Å². The average Bonchev–Trinajstić information content (AvgIpc) is 2.99. The number of carbonyl (C=O) groups is 2. The molecule has 8 nitrogen and oxygen atoms in total. The van der Waals surface area contributed by atoms with Crippen molar-refractivity contribution in [2.75, 3.05) is 19.8 Å². The summed E-state index contributed by atoms with van der Waals surface area (Å²) >= 11 is 0. The lowest BCUT2D eigenvalue weighted by Crippen LogP contribution is -2.55. The van der Waals surface area contributed by atoms with E-state index >= 15 is 0 Å². The minimum absolute atomic E-state index is 0.0136. The molecule has 0 radical (unpaired) electrons. The van der Waals surface area contributed by atoms with Crippen LogP contribution >= 0.6 is 0 Å². The van der Waals surface area contributed by atoms with Crippen molar-refractivity contribution in [1.82, 2.24) is 20.2 Å². The Morgan fingerprint density at radius 1 is 1.67 bits per heavy atom. The number of aromatic amines is 1. The van der Waals surface area contributed by atoms with Crippen molar-refractivity contribution in [3.63, 3.8) is 0 Å². The fourth-order valence-corrected chi connectivity index (χ4v) is 2.31. The molecule has 2 amide bonds. The van der Waals surface area contributed by atoms with Crippen molar-refractivity contribution in [3.8, 4) is 0 Å². The van der Waals surface area contributed by atoms with E-state index < -0.39 is 12.0 Å². The molecular weight excluding hydrogens is 276 g/mol. The number of carboxylic acids is 1. The first-order chi connectivity index (χ1) is 10.1. The van der Waals surface area contributed by atoms with Gasteiger partial charge < -0.3 is 25.0 Å². The molecule has 1 unspecified atom stereocenters. The van der Waals surface area contributed by atoms with Crippen molar-refractivity contribution in [3.05, 3.63) is 18.2 Å². The molecule has 1 fully saturated rings. The lowest BCUT2D eigenvalue weighted by atomic mass is 10.1. The summed E-state index contributed by atoms with van der Waals surface area (Å²) in [7, 11) is 0. The molecule has 1 aromatic rings. The summed E-state index contributed by atoms with van der Waals surface area (Å²) in [5.74, 6) is -1.07. The monoisotopic (exact) mass is 296 g/mol. The van der Waals surface area contributed by atoms with Crippen LogP contribution in [0.1, 0.15) is 19.0 Å². The number of aliphatic carboxylic acids is 1. The first-order valence-electron chi connectivity index (χ1n) is 6.96. The van der Waals surface area contributed by atoms with Crippen LogP contribution in [-0.2, 0) is 16.0 Å². The molecule has 3 N–H and O–H groups in total.